The maximum absolute atomic E-state index is 3.29. The van der Waals surface area contributed by atoms with Crippen LogP contribution in [0, 0.1) is 0 Å². The van der Waals surface area contributed by atoms with E-state index in [4.69, 9.17) is 0 Å². The maximum Gasteiger partial charge on any atom is 0.101 e. The molecule has 1 N–H and O–H groups in total. The van der Waals surface area contributed by atoms with Gasteiger partial charge in [-0.3, -0.25) is 0 Å². The summed E-state index contributed by atoms with van der Waals surface area (Å²) in [4.78, 5) is 4.56. The number of hydrogen-bond donors (Lipinski definition) is 1. The maximum atomic E-state index is 3.29. The quantitative estimate of drug-likeness (QED) is 0.450. The van der Waals surface area contributed by atoms with Gasteiger partial charge in [-0.05, 0) is 22.9 Å². The molecule has 0 saturated heterocycles. The molecule has 0 spiro atoms. The monoisotopic (exact) mass is 223 g/mol. The SMILES string of the molecule is c1ccc2c(c1)ccc1sc3[nH]ccc3c12. The number of aromatic amines is 1. The van der Waals surface area contributed by atoms with Crippen molar-refractivity contribution in [1.29, 1.82) is 0 Å². The minimum absolute atomic E-state index is 1.27. The van der Waals surface area contributed by atoms with Gasteiger partial charge in [-0.25, -0.2) is 0 Å². The first-order valence-corrected chi connectivity index (χ1v) is 6.12. The Kier molecular flexibility index (Phi) is 1.50. The number of nitrogens with one attached hydrogen (secondary N) is 1. The summed E-state index contributed by atoms with van der Waals surface area (Å²) < 4.78 is 1.36. The number of rotatable bonds is 0. The zero-order chi connectivity index (χ0) is 10.5. The molecule has 0 radical (unpaired) electrons. The predicted molar refractivity (Wildman–Crippen MR) is 71.2 cm³/mol. The van der Waals surface area contributed by atoms with Crippen molar-refractivity contribution in [3.8, 4) is 0 Å². The highest BCUT2D eigenvalue weighted by molar-refractivity contribution is 7.25. The van der Waals surface area contributed by atoms with Crippen molar-refractivity contribution in [1.82, 2.24) is 4.98 Å². The highest BCUT2D eigenvalue weighted by Gasteiger charge is 2.08. The van der Waals surface area contributed by atoms with Gasteiger partial charge in [0.25, 0.3) is 0 Å². The first-order chi connectivity index (χ1) is 7.93. The molecule has 2 heteroatoms. The second-order valence-corrected chi connectivity index (χ2v) is 5.03. The Morgan fingerprint density at radius 1 is 0.875 bits per heavy atom. The summed E-state index contributed by atoms with van der Waals surface area (Å²) in [6, 6.07) is 15.2. The molecule has 16 heavy (non-hydrogen) atoms. The van der Waals surface area contributed by atoms with Crippen molar-refractivity contribution in [2.45, 2.75) is 0 Å². The van der Waals surface area contributed by atoms with Gasteiger partial charge in [0.1, 0.15) is 4.83 Å². The van der Waals surface area contributed by atoms with Crippen molar-refractivity contribution >= 4 is 42.4 Å². The Labute approximate surface area is 96.3 Å². The third-order valence-electron chi connectivity index (χ3n) is 3.08. The summed E-state index contributed by atoms with van der Waals surface area (Å²) in [6.07, 6.45) is 2.02. The van der Waals surface area contributed by atoms with Gasteiger partial charge >= 0.3 is 0 Å². The van der Waals surface area contributed by atoms with E-state index in [1.165, 1.54) is 31.1 Å². The Balaban J connectivity index is 2.41. The van der Waals surface area contributed by atoms with E-state index in [1.807, 2.05) is 17.5 Å². The van der Waals surface area contributed by atoms with Gasteiger partial charge in [0.2, 0.25) is 0 Å². The van der Waals surface area contributed by atoms with E-state index in [9.17, 15) is 0 Å². The van der Waals surface area contributed by atoms with Gasteiger partial charge in [0.05, 0.1) is 0 Å². The predicted octanol–water partition coefficient (Wildman–Crippen LogP) is 4.54. The molecule has 0 aliphatic rings. The van der Waals surface area contributed by atoms with Crippen LogP contribution in [0.4, 0.5) is 0 Å². The number of fused-ring (bicyclic) bond motifs is 5. The number of thiophene rings is 1. The third-order valence-corrected chi connectivity index (χ3v) is 4.18. The van der Waals surface area contributed by atoms with Gasteiger partial charge in [0.15, 0.2) is 0 Å². The lowest BCUT2D eigenvalue weighted by Gasteiger charge is -1.98. The first kappa shape index (κ1) is 8.36. The molecule has 4 rings (SSSR count). The molecule has 0 saturated carbocycles. The average Bonchev–Trinajstić information content (AvgIpc) is 2.88. The van der Waals surface area contributed by atoms with Crippen molar-refractivity contribution in [3.05, 3.63) is 48.7 Å². The molecule has 0 atom stereocenters. The van der Waals surface area contributed by atoms with Crippen molar-refractivity contribution in [3.63, 3.8) is 0 Å². The van der Waals surface area contributed by atoms with E-state index in [2.05, 4.69) is 47.4 Å². The molecule has 0 unspecified atom stereocenters. The summed E-state index contributed by atoms with van der Waals surface area (Å²) in [7, 11) is 0. The minimum Gasteiger partial charge on any atom is -0.353 e. The van der Waals surface area contributed by atoms with Crippen LogP contribution in [0.3, 0.4) is 0 Å². The van der Waals surface area contributed by atoms with Crippen LogP contribution in [0.25, 0.3) is 31.1 Å². The van der Waals surface area contributed by atoms with E-state index in [0.29, 0.717) is 0 Å². The highest BCUT2D eigenvalue weighted by Crippen LogP contribution is 2.37. The lowest BCUT2D eigenvalue weighted by atomic mass is 10.1. The standard InChI is InChI=1S/C14H9NS/c1-2-4-10-9(3-1)5-6-12-13(10)11-7-8-15-14(11)16-12/h1-8,15H. The number of hydrogen-bond acceptors (Lipinski definition) is 1. The molecule has 4 aromatic rings. The smallest absolute Gasteiger partial charge is 0.101 e. The summed E-state index contributed by atoms with van der Waals surface area (Å²) in [6.45, 7) is 0. The third kappa shape index (κ3) is 0.947. The summed E-state index contributed by atoms with van der Waals surface area (Å²) in [5, 5.41) is 5.40. The second-order valence-electron chi connectivity index (χ2n) is 3.98. The van der Waals surface area contributed by atoms with Crippen LogP contribution < -0.4 is 0 Å². The van der Waals surface area contributed by atoms with Gasteiger partial charge in [-0.15, -0.1) is 11.3 Å². The van der Waals surface area contributed by atoms with Crippen LogP contribution in [0.2, 0.25) is 0 Å². The van der Waals surface area contributed by atoms with Crippen LogP contribution in [0.1, 0.15) is 0 Å². The van der Waals surface area contributed by atoms with Crippen molar-refractivity contribution < 1.29 is 0 Å². The Hall–Kier alpha value is -1.80. The van der Waals surface area contributed by atoms with Gasteiger partial charge in [-0.2, -0.15) is 0 Å². The zero-order valence-electron chi connectivity index (χ0n) is 8.53. The fourth-order valence-corrected chi connectivity index (χ4v) is 3.44. The molecule has 0 fully saturated rings. The van der Waals surface area contributed by atoms with Gasteiger partial charge in [-0.1, -0.05) is 30.3 Å². The Morgan fingerprint density at radius 2 is 1.81 bits per heavy atom. The van der Waals surface area contributed by atoms with Gasteiger partial charge < -0.3 is 4.98 Å². The van der Waals surface area contributed by atoms with E-state index in [0.717, 1.165) is 0 Å². The fourth-order valence-electron chi connectivity index (χ4n) is 2.36. The Bertz CT molecular complexity index is 807. The fraction of sp³-hybridized carbons (Fsp3) is 0. The number of benzene rings is 2. The zero-order valence-corrected chi connectivity index (χ0v) is 9.34. The molecule has 0 aliphatic carbocycles. The molecule has 0 amide bonds. The number of H-pyrrole nitrogens is 1. The lowest BCUT2D eigenvalue weighted by molar-refractivity contribution is 1.51. The highest BCUT2D eigenvalue weighted by atomic mass is 32.1. The summed E-state index contributed by atoms with van der Waals surface area (Å²) in [5.74, 6) is 0. The topological polar surface area (TPSA) is 15.8 Å². The summed E-state index contributed by atoms with van der Waals surface area (Å²) >= 11 is 1.83. The van der Waals surface area contributed by atoms with Crippen LogP contribution in [0.5, 0.6) is 0 Å². The molecule has 76 valence electrons. The lowest BCUT2D eigenvalue weighted by Crippen LogP contribution is -1.72. The molecule has 0 bridgehead atoms. The van der Waals surface area contributed by atoms with Crippen LogP contribution >= 0.6 is 11.3 Å². The van der Waals surface area contributed by atoms with E-state index >= 15 is 0 Å². The molecule has 2 aromatic carbocycles. The van der Waals surface area contributed by atoms with Gasteiger partial charge in [0, 0.05) is 21.7 Å². The average molecular weight is 223 g/mol. The minimum atomic E-state index is 1.27. The molecule has 0 aliphatic heterocycles. The first-order valence-electron chi connectivity index (χ1n) is 5.31. The van der Waals surface area contributed by atoms with Crippen LogP contribution in [-0.2, 0) is 0 Å². The molecular weight excluding hydrogens is 214 g/mol. The Morgan fingerprint density at radius 3 is 2.81 bits per heavy atom. The molecule has 1 nitrogen and oxygen atoms in total. The molecule has 2 aromatic heterocycles. The molecule has 2 heterocycles. The largest absolute Gasteiger partial charge is 0.353 e. The van der Waals surface area contributed by atoms with E-state index in [-0.39, 0.29) is 0 Å². The number of aromatic nitrogens is 1. The summed E-state index contributed by atoms with van der Waals surface area (Å²) in [5.41, 5.74) is 0. The normalized spacial score (nSPS) is 11.8. The van der Waals surface area contributed by atoms with E-state index in [1.54, 1.807) is 0 Å². The molecular formula is C14H9NS. The van der Waals surface area contributed by atoms with Crippen molar-refractivity contribution in [2.75, 3.05) is 0 Å². The van der Waals surface area contributed by atoms with Crippen LogP contribution in [0.15, 0.2) is 48.7 Å². The van der Waals surface area contributed by atoms with Crippen LogP contribution in [-0.4, -0.2) is 4.98 Å². The van der Waals surface area contributed by atoms with Crippen molar-refractivity contribution in [2.24, 2.45) is 0 Å². The second kappa shape index (κ2) is 2.86. The van der Waals surface area contributed by atoms with E-state index < -0.39 is 0 Å².